The highest BCUT2D eigenvalue weighted by molar-refractivity contribution is 5.74. The molecule has 0 spiro atoms. The molecule has 2 rings (SSSR count). The Labute approximate surface area is 105 Å². The Bertz CT molecular complexity index is 413. The molecule has 0 unspecified atom stereocenters. The maximum Gasteiger partial charge on any atom is 0.222 e. The van der Waals surface area contributed by atoms with Crippen LogP contribution >= 0.6 is 0 Å². The van der Waals surface area contributed by atoms with Crippen molar-refractivity contribution in [2.75, 3.05) is 13.2 Å². The maximum absolute atomic E-state index is 12.8. The first-order valence-electron chi connectivity index (χ1n) is 5.90. The van der Waals surface area contributed by atoms with Crippen LogP contribution in [0.3, 0.4) is 0 Å². The van der Waals surface area contributed by atoms with E-state index in [0.717, 1.165) is 5.56 Å². The van der Waals surface area contributed by atoms with E-state index in [-0.39, 0.29) is 12.2 Å². The minimum atomic E-state index is -0.903. The zero-order chi connectivity index (χ0) is 13.0. The van der Waals surface area contributed by atoms with Crippen molar-refractivity contribution in [3.05, 3.63) is 35.6 Å². The van der Waals surface area contributed by atoms with E-state index in [1.165, 1.54) is 12.1 Å². The molecule has 0 radical (unpaired) electrons. The van der Waals surface area contributed by atoms with Gasteiger partial charge in [0.15, 0.2) is 5.79 Å². The summed E-state index contributed by atoms with van der Waals surface area (Å²) in [6, 6.07) is 6.24. The Kier molecular flexibility index (Phi) is 3.93. The van der Waals surface area contributed by atoms with E-state index in [1.807, 2.05) is 0 Å². The molecule has 1 fully saturated rings. The first-order valence-corrected chi connectivity index (χ1v) is 5.90. The second-order valence-electron chi connectivity index (χ2n) is 4.38. The summed E-state index contributed by atoms with van der Waals surface area (Å²) < 4.78 is 23.8. The molecule has 2 N–H and O–H groups in total. The summed E-state index contributed by atoms with van der Waals surface area (Å²) in [5.41, 5.74) is 6.17. The molecule has 0 saturated carbocycles. The molecule has 0 aromatic heterocycles. The van der Waals surface area contributed by atoms with Gasteiger partial charge >= 0.3 is 0 Å². The lowest BCUT2D eigenvalue weighted by Crippen LogP contribution is -2.36. The van der Waals surface area contributed by atoms with Crippen molar-refractivity contribution in [1.29, 1.82) is 0 Å². The van der Waals surface area contributed by atoms with Gasteiger partial charge in [-0.25, -0.2) is 4.39 Å². The standard InChI is InChI=1S/C13H16FNO3/c14-11-3-1-10(2-4-11)5-6-13(9-12(15)16)17-7-8-18-13/h1-4H,5-9H2,(H2,15,16). The smallest absolute Gasteiger partial charge is 0.222 e. The van der Waals surface area contributed by atoms with Gasteiger partial charge in [-0.15, -0.1) is 0 Å². The number of primary amides is 1. The second-order valence-corrected chi connectivity index (χ2v) is 4.38. The Morgan fingerprint density at radius 2 is 1.89 bits per heavy atom. The summed E-state index contributed by atoms with van der Waals surface area (Å²) in [6.45, 7) is 0.938. The Hall–Kier alpha value is -1.46. The molecule has 1 aliphatic rings. The molecule has 1 aliphatic heterocycles. The Morgan fingerprint density at radius 1 is 1.28 bits per heavy atom. The molecule has 18 heavy (non-hydrogen) atoms. The SMILES string of the molecule is NC(=O)CC1(CCc2ccc(F)cc2)OCCO1. The summed E-state index contributed by atoms with van der Waals surface area (Å²) in [7, 11) is 0. The molecular formula is C13H16FNO3. The van der Waals surface area contributed by atoms with Gasteiger partial charge in [0, 0.05) is 6.42 Å². The van der Waals surface area contributed by atoms with Crippen molar-refractivity contribution >= 4 is 5.91 Å². The summed E-state index contributed by atoms with van der Waals surface area (Å²) in [6.07, 6.45) is 1.23. The lowest BCUT2D eigenvalue weighted by molar-refractivity contribution is -0.171. The van der Waals surface area contributed by atoms with Crippen molar-refractivity contribution in [2.45, 2.75) is 25.0 Å². The van der Waals surface area contributed by atoms with Crippen molar-refractivity contribution < 1.29 is 18.7 Å². The number of aryl methyl sites for hydroxylation is 1. The average molecular weight is 253 g/mol. The van der Waals surface area contributed by atoms with Crippen LogP contribution in [0.25, 0.3) is 0 Å². The first kappa shape index (κ1) is 13.0. The predicted molar refractivity (Wildman–Crippen MR) is 63.2 cm³/mol. The van der Waals surface area contributed by atoms with E-state index in [4.69, 9.17) is 15.2 Å². The third-order valence-corrected chi connectivity index (χ3v) is 2.96. The van der Waals surface area contributed by atoms with Gasteiger partial charge in [-0.2, -0.15) is 0 Å². The molecule has 4 nitrogen and oxygen atoms in total. The number of hydrogen-bond acceptors (Lipinski definition) is 3. The quantitative estimate of drug-likeness (QED) is 0.862. The minimum Gasteiger partial charge on any atom is -0.370 e. The molecule has 0 bridgehead atoms. The fourth-order valence-electron chi connectivity index (χ4n) is 2.08. The summed E-state index contributed by atoms with van der Waals surface area (Å²) in [5, 5.41) is 0. The van der Waals surface area contributed by atoms with Crippen LogP contribution in [0, 0.1) is 5.82 Å². The largest absolute Gasteiger partial charge is 0.370 e. The van der Waals surface area contributed by atoms with Gasteiger partial charge in [-0.3, -0.25) is 4.79 Å². The van der Waals surface area contributed by atoms with E-state index in [1.54, 1.807) is 12.1 Å². The van der Waals surface area contributed by atoms with E-state index in [2.05, 4.69) is 0 Å². The number of rotatable bonds is 5. The molecule has 5 heteroatoms. The second kappa shape index (κ2) is 5.46. The molecule has 1 heterocycles. The van der Waals surface area contributed by atoms with Gasteiger partial charge in [-0.05, 0) is 24.1 Å². The van der Waals surface area contributed by atoms with Crippen molar-refractivity contribution in [2.24, 2.45) is 5.73 Å². The zero-order valence-electron chi connectivity index (χ0n) is 10.0. The zero-order valence-corrected chi connectivity index (χ0v) is 10.0. The monoisotopic (exact) mass is 253 g/mol. The van der Waals surface area contributed by atoms with Gasteiger partial charge in [0.2, 0.25) is 5.91 Å². The Morgan fingerprint density at radius 3 is 2.44 bits per heavy atom. The lowest BCUT2D eigenvalue weighted by atomic mass is 10.0. The number of hydrogen-bond donors (Lipinski definition) is 1. The summed E-state index contributed by atoms with van der Waals surface area (Å²) in [5.74, 6) is -1.62. The predicted octanol–water partition coefficient (Wildman–Crippen LogP) is 1.38. The third-order valence-electron chi connectivity index (χ3n) is 2.96. The third kappa shape index (κ3) is 3.27. The molecular weight excluding hydrogens is 237 g/mol. The minimum absolute atomic E-state index is 0.0498. The fraction of sp³-hybridized carbons (Fsp3) is 0.462. The van der Waals surface area contributed by atoms with Crippen LogP contribution in [0.15, 0.2) is 24.3 Å². The van der Waals surface area contributed by atoms with Crippen molar-refractivity contribution in [3.63, 3.8) is 0 Å². The van der Waals surface area contributed by atoms with Crippen LogP contribution in [-0.4, -0.2) is 24.9 Å². The molecule has 98 valence electrons. The highest BCUT2D eigenvalue weighted by Crippen LogP contribution is 2.28. The van der Waals surface area contributed by atoms with Crippen LogP contribution in [0.2, 0.25) is 0 Å². The van der Waals surface area contributed by atoms with Gasteiger partial charge in [-0.1, -0.05) is 12.1 Å². The number of amides is 1. The highest BCUT2D eigenvalue weighted by atomic mass is 19.1. The number of carbonyl (C=O) groups is 1. The number of halogens is 1. The number of ether oxygens (including phenoxy) is 2. The van der Waals surface area contributed by atoms with Crippen LogP contribution in [0.5, 0.6) is 0 Å². The molecule has 1 saturated heterocycles. The number of nitrogens with two attached hydrogens (primary N) is 1. The maximum atomic E-state index is 12.8. The van der Waals surface area contributed by atoms with Gasteiger partial charge < -0.3 is 15.2 Å². The highest BCUT2D eigenvalue weighted by Gasteiger charge is 2.37. The molecule has 0 aliphatic carbocycles. The number of carbonyl (C=O) groups excluding carboxylic acids is 1. The van der Waals surface area contributed by atoms with E-state index >= 15 is 0 Å². The normalized spacial score (nSPS) is 17.8. The van der Waals surface area contributed by atoms with Crippen LogP contribution in [0.4, 0.5) is 4.39 Å². The summed E-state index contributed by atoms with van der Waals surface area (Å²) >= 11 is 0. The van der Waals surface area contributed by atoms with E-state index < -0.39 is 11.7 Å². The van der Waals surface area contributed by atoms with Crippen molar-refractivity contribution in [3.8, 4) is 0 Å². The van der Waals surface area contributed by atoms with E-state index in [0.29, 0.717) is 26.1 Å². The Balaban J connectivity index is 1.97. The first-order chi connectivity index (χ1) is 8.60. The van der Waals surface area contributed by atoms with E-state index in [9.17, 15) is 9.18 Å². The van der Waals surface area contributed by atoms with Crippen LogP contribution < -0.4 is 5.73 Å². The fourth-order valence-corrected chi connectivity index (χ4v) is 2.08. The molecule has 1 aromatic rings. The topological polar surface area (TPSA) is 61.6 Å². The average Bonchev–Trinajstić information content (AvgIpc) is 2.76. The van der Waals surface area contributed by atoms with Gasteiger partial charge in [0.1, 0.15) is 5.82 Å². The van der Waals surface area contributed by atoms with Crippen LogP contribution in [0.1, 0.15) is 18.4 Å². The lowest BCUT2D eigenvalue weighted by Gasteiger charge is -2.26. The molecule has 1 amide bonds. The molecule has 0 atom stereocenters. The molecule has 1 aromatic carbocycles. The van der Waals surface area contributed by atoms with Crippen molar-refractivity contribution in [1.82, 2.24) is 0 Å². The summed E-state index contributed by atoms with van der Waals surface area (Å²) in [4.78, 5) is 11.0. The van der Waals surface area contributed by atoms with Gasteiger partial charge in [0.05, 0.1) is 19.6 Å². The number of benzene rings is 1. The van der Waals surface area contributed by atoms with Crippen LogP contribution in [-0.2, 0) is 20.7 Å². The van der Waals surface area contributed by atoms with Gasteiger partial charge in [0.25, 0.3) is 0 Å².